The van der Waals surface area contributed by atoms with Crippen molar-refractivity contribution in [2.24, 2.45) is 5.73 Å². The van der Waals surface area contributed by atoms with Crippen LogP contribution in [0, 0.1) is 0 Å². The molecule has 0 aliphatic heterocycles. The highest BCUT2D eigenvalue weighted by Crippen LogP contribution is 2.29. The molecule has 94 valence electrons. The molecule has 0 aromatic heterocycles. The van der Waals surface area contributed by atoms with E-state index in [1.54, 1.807) is 18.2 Å². The molecule has 0 aliphatic rings. The van der Waals surface area contributed by atoms with Crippen LogP contribution in [0.3, 0.4) is 0 Å². The van der Waals surface area contributed by atoms with Gasteiger partial charge in [-0.3, -0.25) is 4.79 Å². The minimum atomic E-state index is -1.02. The highest BCUT2D eigenvalue weighted by molar-refractivity contribution is 5.73. The van der Waals surface area contributed by atoms with Crippen LogP contribution in [0.1, 0.15) is 31.9 Å². The Bertz CT molecular complexity index is 421. The number of hydrogen-bond donors (Lipinski definition) is 3. The zero-order chi connectivity index (χ0) is 13.2. The van der Waals surface area contributed by atoms with Crippen LogP contribution in [0.25, 0.3) is 0 Å². The molecule has 4 nitrogen and oxygen atoms in total. The molecule has 0 saturated heterocycles. The molecule has 4 heteroatoms. The van der Waals surface area contributed by atoms with Crippen LogP contribution in [-0.2, 0) is 16.6 Å². The fourth-order valence-corrected chi connectivity index (χ4v) is 1.76. The van der Waals surface area contributed by atoms with Gasteiger partial charge in [-0.05, 0) is 35.1 Å². The van der Waals surface area contributed by atoms with E-state index in [0.717, 1.165) is 11.1 Å². The number of phenols is 1. The predicted octanol–water partition coefficient (Wildman–Crippen LogP) is 1.64. The molecule has 1 rings (SSSR count). The SMILES string of the molecule is CC(C)(C)c1cc(O)ccc1CC(N)C(=O)O. The first-order chi connectivity index (χ1) is 7.71. The largest absolute Gasteiger partial charge is 0.508 e. The van der Waals surface area contributed by atoms with E-state index in [1.165, 1.54) is 0 Å². The molecule has 0 aliphatic carbocycles. The average molecular weight is 237 g/mol. The Hall–Kier alpha value is -1.55. The van der Waals surface area contributed by atoms with Crippen molar-refractivity contribution in [1.82, 2.24) is 0 Å². The van der Waals surface area contributed by atoms with Crippen molar-refractivity contribution >= 4 is 5.97 Å². The van der Waals surface area contributed by atoms with Crippen LogP contribution in [-0.4, -0.2) is 22.2 Å². The molecule has 0 bridgehead atoms. The van der Waals surface area contributed by atoms with Crippen LogP contribution < -0.4 is 5.73 Å². The van der Waals surface area contributed by atoms with E-state index in [0.29, 0.717) is 0 Å². The number of carboxylic acids is 1. The van der Waals surface area contributed by atoms with Crippen LogP contribution in [0.4, 0.5) is 0 Å². The average Bonchev–Trinajstić information content (AvgIpc) is 2.18. The third kappa shape index (κ3) is 3.46. The third-order valence-corrected chi connectivity index (χ3v) is 2.66. The van der Waals surface area contributed by atoms with Gasteiger partial charge in [0.05, 0.1) is 0 Å². The Morgan fingerprint density at radius 2 is 2.00 bits per heavy atom. The van der Waals surface area contributed by atoms with Crippen molar-refractivity contribution in [3.63, 3.8) is 0 Å². The molecule has 1 atom stereocenters. The summed E-state index contributed by atoms with van der Waals surface area (Å²) >= 11 is 0. The normalized spacial score (nSPS) is 13.4. The van der Waals surface area contributed by atoms with Gasteiger partial charge < -0.3 is 15.9 Å². The van der Waals surface area contributed by atoms with Crippen molar-refractivity contribution < 1.29 is 15.0 Å². The molecule has 0 heterocycles. The van der Waals surface area contributed by atoms with E-state index in [-0.39, 0.29) is 17.6 Å². The lowest BCUT2D eigenvalue weighted by atomic mass is 9.82. The fraction of sp³-hybridized carbons (Fsp3) is 0.462. The van der Waals surface area contributed by atoms with Gasteiger partial charge in [-0.2, -0.15) is 0 Å². The lowest BCUT2D eigenvalue weighted by Gasteiger charge is -2.24. The lowest BCUT2D eigenvalue weighted by Crippen LogP contribution is -2.33. The molecule has 0 saturated carbocycles. The number of carbonyl (C=O) groups is 1. The first kappa shape index (κ1) is 13.5. The second kappa shape index (κ2) is 4.75. The standard InChI is InChI=1S/C13H19NO3/c1-13(2,3)10-7-9(15)5-4-8(10)6-11(14)12(16)17/h4-5,7,11,15H,6,14H2,1-3H3,(H,16,17). The molecule has 1 aromatic rings. The highest BCUT2D eigenvalue weighted by atomic mass is 16.4. The number of rotatable bonds is 3. The molecule has 17 heavy (non-hydrogen) atoms. The first-order valence-electron chi connectivity index (χ1n) is 5.52. The van der Waals surface area contributed by atoms with Crippen LogP contribution in [0.15, 0.2) is 18.2 Å². The van der Waals surface area contributed by atoms with E-state index >= 15 is 0 Å². The summed E-state index contributed by atoms with van der Waals surface area (Å²) < 4.78 is 0. The first-order valence-corrected chi connectivity index (χ1v) is 5.52. The summed E-state index contributed by atoms with van der Waals surface area (Å²) in [6.07, 6.45) is 0.266. The maximum Gasteiger partial charge on any atom is 0.320 e. The quantitative estimate of drug-likeness (QED) is 0.746. The van der Waals surface area contributed by atoms with E-state index in [1.807, 2.05) is 20.8 Å². The summed E-state index contributed by atoms with van der Waals surface area (Å²) in [5.41, 5.74) is 7.17. The van der Waals surface area contributed by atoms with Gasteiger partial charge in [-0.15, -0.1) is 0 Å². The number of aliphatic carboxylic acids is 1. The molecular formula is C13H19NO3. The summed E-state index contributed by atoms with van der Waals surface area (Å²) in [6.45, 7) is 6.03. The van der Waals surface area contributed by atoms with Gasteiger partial charge in [-0.1, -0.05) is 26.8 Å². The maximum absolute atomic E-state index is 10.8. The maximum atomic E-state index is 10.8. The van der Waals surface area contributed by atoms with Crippen LogP contribution >= 0.6 is 0 Å². The Morgan fingerprint density at radius 3 is 2.47 bits per heavy atom. The third-order valence-electron chi connectivity index (χ3n) is 2.66. The van der Waals surface area contributed by atoms with Crippen molar-refractivity contribution in [3.05, 3.63) is 29.3 Å². The minimum Gasteiger partial charge on any atom is -0.508 e. The molecule has 4 N–H and O–H groups in total. The Morgan fingerprint density at radius 1 is 1.41 bits per heavy atom. The topological polar surface area (TPSA) is 83.5 Å². The van der Waals surface area contributed by atoms with Crippen molar-refractivity contribution in [2.75, 3.05) is 0 Å². The summed E-state index contributed by atoms with van der Waals surface area (Å²) in [5, 5.41) is 18.3. The van der Waals surface area contributed by atoms with Crippen LogP contribution in [0.2, 0.25) is 0 Å². The molecule has 0 fully saturated rings. The van der Waals surface area contributed by atoms with E-state index in [2.05, 4.69) is 0 Å². The predicted molar refractivity (Wildman–Crippen MR) is 66.1 cm³/mol. The second-order valence-corrected chi connectivity index (χ2v) is 5.24. The highest BCUT2D eigenvalue weighted by Gasteiger charge is 2.21. The number of benzene rings is 1. The molecule has 0 radical (unpaired) electrons. The Labute approximate surface area is 101 Å². The van der Waals surface area contributed by atoms with Gasteiger partial charge in [0.1, 0.15) is 11.8 Å². The number of phenolic OH excluding ortho intramolecular Hbond substituents is 1. The van der Waals surface area contributed by atoms with E-state index in [4.69, 9.17) is 10.8 Å². The molecule has 0 amide bonds. The lowest BCUT2D eigenvalue weighted by molar-refractivity contribution is -0.138. The summed E-state index contributed by atoms with van der Waals surface area (Å²) in [4.78, 5) is 10.8. The van der Waals surface area contributed by atoms with Crippen molar-refractivity contribution in [2.45, 2.75) is 38.6 Å². The van der Waals surface area contributed by atoms with Gasteiger partial charge in [0.15, 0.2) is 0 Å². The number of aromatic hydroxyl groups is 1. The molecule has 0 spiro atoms. The van der Waals surface area contributed by atoms with Crippen molar-refractivity contribution in [3.8, 4) is 5.75 Å². The fourth-order valence-electron chi connectivity index (χ4n) is 1.76. The van der Waals surface area contributed by atoms with E-state index in [9.17, 15) is 9.90 Å². The smallest absolute Gasteiger partial charge is 0.320 e. The Balaban J connectivity index is 3.11. The Kier molecular flexibility index (Phi) is 3.78. The van der Waals surface area contributed by atoms with Gasteiger partial charge >= 0.3 is 5.97 Å². The number of nitrogens with two attached hydrogens (primary N) is 1. The number of carboxylic acid groups (broad SMARTS) is 1. The minimum absolute atomic E-state index is 0.160. The van der Waals surface area contributed by atoms with Gasteiger partial charge in [-0.25, -0.2) is 0 Å². The molecular weight excluding hydrogens is 218 g/mol. The number of hydrogen-bond acceptors (Lipinski definition) is 3. The zero-order valence-corrected chi connectivity index (χ0v) is 10.4. The monoisotopic (exact) mass is 237 g/mol. The van der Waals surface area contributed by atoms with Gasteiger partial charge in [0.2, 0.25) is 0 Å². The molecule has 1 aromatic carbocycles. The molecule has 1 unspecified atom stereocenters. The van der Waals surface area contributed by atoms with Crippen LogP contribution in [0.5, 0.6) is 5.75 Å². The summed E-state index contributed by atoms with van der Waals surface area (Å²) in [6, 6.07) is 4.04. The summed E-state index contributed by atoms with van der Waals surface area (Å²) in [7, 11) is 0. The van der Waals surface area contributed by atoms with Gasteiger partial charge in [0.25, 0.3) is 0 Å². The zero-order valence-electron chi connectivity index (χ0n) is 10.4. The van der Waals surface area contributed by atoms with E-state index < -0.39 is 12.0 Å². The van der Waals surface area contributed by atoms with Gasteiger partial charge in [0, 0.05) is 0 Å². The van der Waals surface area contributed by atoms with Crippen molar-refractivity contribution in [1.29, 1.82) is 0 Å². The second-order valence-electron chi connectivity index (χ2n) is 5.24. The summed E-state index contributed by atoms with van der Waals surface area (Å²) in [5.74, 6) is -0.833.